The van der Waals surface area contributed by atoms with Gasteiger partial charge in [0.2, 0.25) is 0 Å². The second kappa shape index (κ2) is 7.09. The lowest BCUT2D eigenvalue weighted by molar-refractivity contribution is 0.0819. The van der Waals surface area contributed by atoms with Gasteiger partial charge in [-0.05, 0) is 38.5 Å². The van der Waals surface area contributed by atoms with Gasteiger partial charge in [0.1, 0.15) is 0 Å². The molecule has 0 unspecified atom stereocenters. The highest BCUT2D eigenvalue weighted by Crippen LogP contribution is 2.14. The van der Waals surface area contributed by atoms with Crippen LogP contribution in [0.15, 0.2) is 18.2 Å². The Morgan fingerprint density at radius 2 is 2.15 bits per heavy atom. The number of amides is 1. The third-order valence-corrected chi connectivity index (χ3v) is 2.86. The van der Waals surface area contributed by atoms with Crippen molar-refractivity contribution < 1.29 is 9.53 Å². The summed E-state index contributed by atoms with van der Waals surface area (Å²) in [6.45, 7) is 6.48. The van der Waals surface area contributed by atoms with Gasteiger partial charge in [-0.15, -0.1) is 0 Å². The maximum atomic E-state index is 12.3. The lowest BCUT2D eigenvalue weighted by Crippen LogP contribution is -2.47. The monoisotopic (exact) mass is 274 g/mol. The van der Waals surface area contributed by atoms with E-state index in [1.807, 2.05) is 32.9 Å². The van der Waals surface area contributed by atoms with Crippen molar-refractivity contribution in [1.29, 1.82) is 0 Å². The average Bonchev–Trinajstić information content (AvgIpc) is 2.36. The van der Waals surface area contributed by atoms with Crippen LogP contribution in [0.4, 0.5) is 0 Å². The van der Waals surface area contributed by atoms with Crippen LogP contribution in [0.3, 0.4) is 0 Å². The van der Waals surface area contributed by atoms with Crippen LogP contribution >= 0.6 is 0 Å². The number of hydrogen-bond donors (Lipinski definition) is 2. The Labute approximate surface area is 120 Å². The van der Waals surface area contributed by atoms with E-state index >= 15 is 0 Å². The van der Waals surface area contributed by atoms with Crippen molar-refractivity contribution in [2.24, 2.45) is 5.73 Å². The molecule has 20 heavy (non-hydrogen) atoms. The number of nitrogens with two attached hydrogens (primary N) is 1. The lowest BCUT2D eigenvalue weighted by atomic mass is 10.00. The van der Waals surface area contributed by atoms with E-state index in [2.05, 4.69) is 17.2 Å². The zero-order chi connectivity index (χ0) is 15.2. The van der Waals surface area contributed by atoms with Gasteiger partial charge in [-0.1, -0.05) is 17.9 Å². The van der Waals surface area contributed by atoms with Crippen LogP contribution in [0, 0.1) is 18.8 Å². The van der Waals surface area contributed by atoms with Gasteiger partial charge in [-0.25, -0.2) is 0 Å². The fourth-order valence-corrected chi connectivity index (χ4v) is 1.93. The molecule has 0 aliphatic carbocycles. The molecular formula is C16H22N2O2. The molecule has 3 N–H and O–H groups in total. The molecule has 4 nitrogen and oxygen atoms in total. The third-order valence-electron chi connectivity index (χ3n) is 2.86. The number of carbonyl (C=O) groups excluding carboxylic acids is 1. The number of methoxy groups -OCH3 is 1. The Hall–Kier alpha value is -1.83. The summed E-state index contributed by atoms with van der Waals surface area (Å²) in [6, 6.07) is 5.50. The van der Waals surface area contributed by atoms with E-state index in [-0.39, 0.29) is 5.91 Å². The van der Waals surface area contributed by atoms with E-state index in [1.54, 1.807) is 13.2 Å². The minimum absolute atomic E-state index is 0.124. The van der Waals surface area contributed by atoms with E-state index in [9.17, 15) is 4.79 Å². The van der Waals surface area contributed by atoms with E-state index in [0.717, 1.165) is 11.1 Å². The molecule has 4 heteroatoms. The Morgan fingerprint density at radius 3 is 2.75 bits per heavy atom. The van der Waals surface area contributed by atoms with Gasteiger partial charge in [0.25, 0.3) is 5.91 Å². The van der Waals surface area contributed by atoms with Crippen molar-refractivity contribution in [2.45, 2.75) is 26.3 Å². The zero-order valence-electron chi connectivity index (χ0n) is 12.5. The minimum Gasteiger partial charge on any atom is -0.382 e. The normalized spacial score (nSPS) is 10.7. The van der Waals surface area contributed by atoms with Gasteiger partial charge >= 0.3 is 0 Å². The zero-order valence-corrected chi connectivity index (χ0v) is 12.5. The van der Waals surface area contributed by atoms with Gasteiger partial charge in [-0.3, -0.25) is 4.79 Å². The molecule has 0 aliphatic heterocycles. The van der Waals surface area contributed by atoms with E-state index < -0.39 is 5.54 Å². The number of nitrogens with one attached hydrogen (secondary N) is 1. The molecule has 0 heterocycles. The number of carbonyl (C=O) groups is 1. The van der Waals surface area contributed by atoms with Gasteiger partial charge < -0.3 is 15.8 Å². The van der Waals surface area contributed by atoms with Crippen LogP contribution in [0.1, 0.15) is 35.3 Å². The molecule has 1 aromatic rings. The van der Waals surface area contributed by atoms with E-state index in [0.29, 0.717) is 18.7 Å². The molecule has 1 amide bonds. The number of hydrogen-bond acceptors (Lipinski definition) is 3. The summed E-state index contributed by atoms with van der Waals surface area (Å²) in [4.78, 5) is 12.3. The molecule has 0 saturated heterocycles. The van der Waals surface area contributed by atoms with Crippen LogP contribution in [-0.4, -0.2) is 31.7 Å². The Bertz CT molecular complexity index is 539. The molecule has 0 aliphatic rings. The highest BCUT2D eigenvalue weighted by Gasteiger charge is 2.22. The molecule has 0 bridgehead atoms. The number of benzene rings is 1. The average molecular weight is 274 g/mol. The van der Waals surface area contributed by atoms with Crippen LogP contribution in [0.25, 0.3) is 0 Å². The Morgan fingerprint density at radius 1 is 1.45 bits per heavy atom. The van der Waals surface area contributed by atoms with Crippen LogP contribution in [0.2, 0.25) is 0 Å². The summed E-state index contributed by atoms with van der Waals surface area (Å²) in [5, 5.41) is 2.96. The largest absolute Gasteiger partial charge is 0.382 e. The second-order valence-corrected chi connectivity index (χ2v) is 5.26. The number of rotatable bonds is 4. The van der Waals surface area contributed by atoms with Crippen LogP contribution in [-0.2, 0) is 4.74 Å². The fourth-order valence-electron chi connectivity index (χ4n) is 1.93. The van der Waals surface area contributed by atoms with Crippen molar-refractivity contribution in [3.05, 3.63) is 34.9 Å². The minimum atomic E-state index is -0.419. The van der Waals surface area contributed by atoms with Crippen LogP contribution < -0.4 is 11.1 Å². The quantitative estimate of drug-likeness (QED) is 0.817. The summed E-state index contributed by atoms with van der Waals surface area (Å²) in [7, 11) is 1.61. The van der Waals surface area contributed by atoms with Gasteiger partial charge in [0.15, 0.2) is 0 Å². The topological polar surface area (TPSA) is 64.3 Å². The maximum Gasteiger partial charge on any atom is 0.252 e. The Balaban J connectivity index is 3.00. The van der Waals surface area contributed by atoms with Crippen molar-refractivity contribution in [2.75, 3.05) is 20.3 Å². The van der Waals surface area contributed by atoms with Crippen molar-refractivity contribution in [1.82, 2.24) is 5.32 Å². The Kier molecular flexibility index (Phi) is 5.75. The first-order valence-electron chi connectivity index (χ1n) is 6.51. The summed E-state index contributed by atoms with van der Waals surface area (Å²) in [5.74, 6) is 5.66. The first kappa shape index (κ1) is 16.2. The van der Waals surface area contributed by atoms with Gasteiger partial charge in [0, 0.05) is 18.2 Å². The standard InChI is InChI=1S/C16H22N2O2/c1-12-13(8-6-10-17)7-5-9-14(12)15(19)18-16(2,3)11-20-4/h5,7,9H,10-11,17H2,1-4H3,(H,18,19). The van der Waals surface area contributed by atoms with E-state index in [4.69, 9.17) is 10.5 Å². The molecule has 0 aromatic heterocycles. The highest BCUT2D eigenvalue weighted by molar-refractivity contribution is 5.96. The first-order valence-corrected chi connectivity index (χ1v) is 6.51. The molecule has 0 spiro atoms. The molecule has 1 rings (SSSR count). The molecule has 0 fully saturated rings. The lowest BCUT2D eigenvalue weighted by Gasteiger charge is -2.25. The first-order chi connectivity index (χ1) is 9.41. The molecular weight excluding hydrogens is 252 g/mol. The summed E-state index contributed by atoms with van der Waals surface area (Å²) < 4.78 is 5.10. The third kappa shape index (κ3) is 4.37. The molecule has 1 aromatic carbocycles. The van der Waals surface area contributed by atoms with E-state index in [1.165, 1.54) is 0 Å². The fraction of sp³-hybridized carbons (Fsp3) is 0.438. The summed E-state index contributed by atoms with van der Waals surface area (Å²) in [5.41, 5.74) is 7.26. The SMILES string of the molecule is COCC(C)(C)NC(=O)c1cccc(C#CCN)c1C. The second-order valence-electron chi connectivity index (χ2n) is 5.26. The predicted octanol–water partition coefficient (Wildman–Crippen LogP) is 1.46. The molecule has 0 radical (unpaired) electrons. The number of ether oxygens (including phenoxy) is 1. The summed E-state index contributed by atoms with van der Waals surface area (Å²) in [6.07, 6.45) is 0. The summed E-state index contributed by atoms with van der Waals surface area (Å²) >= 11 is 0. The van der Waals surface area contributed by atoms with Gasteiger partial charge in [0.05, 0.1) is 18.7 Å². The smallest absolute Gasteiger partial charge is 0.252 e. The maximum absolute atomic E-state index is 12.3. The molecule has 108 valence electrons. The molecule has 0 saturated carbocycles. The van der Waals surface area contributed by atoms with Crippen molar-refractivity contribution >= 4 is 5.91 Å². The van der Waals surface area contributed by atoms with Crippen LogP contribution in [0.5, 0.6) is 0 Å². The predicted molar refractivity (Wildman–Crippen MR) is 80.5 cm³/mol. The molecule has 0 atom stereocenters. The van der Waals surface area contributed by atoms with Crippen molar-refractivity contribution in [3.63, 3.8) is 0 Å². The van der Waals surface area contributed by atoms with Gasteiger partial charge in [-0.2, -0.15) is 0 Å². The highest BCUT2D eigenvalue weighted by atomic mass is 16.5. The van der Waals surface area contributed by atoms with Crippen molar-refractivity contribution in [3.8, 4) is 11.8 Å².